The second kappa shape index (κ2) is 9.33. The highest BCUT2D eigenvalue weighted by molar-refractivity contribution is 5.81. The third-order valence-corrected chi connectivity index (χ3v) is 6.25. The zero-order valence-corrected chi connectivity index (χ0v) is 18.4. The first-order chi connectivity index (χ1) is 16.2. The molecule has 33 heavy (non-hydrogen) atoms. The first kappa shape index (κ1) is 21.0. The number of allylic oxidation sites excluding steroid dienone is 1. The Morgan fingerprint density at radius 1 is 0.909 bits per heavy atom. The molecule has 1 atom stereocenters. The standard InChI is InChI=1S/C30H26O3/c31-27-20-26(19-25(22-12-6-2-7-13-22)18-21-10-4-1-5-11-21)33-30(32)29(27)28(24-16-17-24)23-14-8-3-9-15-23/h1-15,19-20,24,28,31H,16-18H2. The van der Waals surface area contributed by atoms with E-state index in [0.717, 1.165) is 35.1 Å². The number of aromatic hydroxyl groups is 1. The fourth-order valence-corrected chi connectivity index (χ4v) is 4.51. The molecule has 3 aromatic carbocycles. The van der Waals surface area contributed by atoms with Gasteiger partial charge in [-0.05, 0) is 53.5 Å². The van der Waals surface area contributed by atoms with Gasteiger partial charge in [-0.1, -0.05) is 91.0 Å². The minimum atomic E-state index is -0.464. The topological polar surface area (TPSA) is 50.4 Å². The van der Waals surface area contributed by atoms with E-state index in [9.17, 15) is 9.90 Å². The van der Waals surface area contributed by atoms with Gasteiger partial charge in [0.15, 0.2) is 0 Å². The second-order valence-corrected chi connectivity index (χ2v) is 8.66. The van der Waals surface area contributed by atoms with Crippen LogP contribution in [0.1, 0.15) is 46.8 Å². The number of hydrogen-bond donors (Lipinski definition) is 1. The smallest absolute Gasteiger partial charge is 0.343 e. The van der Waals surface area contributed by atoms with Gasteiger partial charge in [-0.3, -0.25) is 0 Å². The van der Waals surface area contributed by atoms with Gasteiger partial charge in [0.05, 0.1) is 5.56 Å². The molecular formula is C30H26O3. The maximum Gasteiger partial charge on any atom is 0.343 e. The fraction of sp³-hybridized carbons (Fsp3) is 0.167. The summed E-state index contributed by atoms with van der Waals surface area (Å²) in [6.45, 7) is 0. The number of rotatable bonds is 7. The summed E-state index contributed by atoms with van der Waals surface area (Å²) in [7, 11) is 0. The molecule has 5 rings (SSSR count). The van der Waals surface area contributed by atoms with E-state index in [4.69, 9.17) is 4.42 Å². The van der Waals surface area contributed by atoms with Crippen LogP contribution in [-0.2, 0) is 6.42 Å². The van der Waals surface area contributed by atoms with E-state index >= 15 is 0 Å². The SMILES string of the molecule is O=c1oc(C=C(Cc2ccccc2)c2ccccc2)cc(O)c1C(c1ccccc1)C1CC1. The maximum absolute atomic E-state index is 13.1. The lowest BCUT2D eigenvalue weighted by molar-refractivity contribution is 0.422. The van der Waals surface area contributed by atoms with Gasteiger partial charge in [-0.15, -0.1) is 0 Å². The Hall–Kier alpha value is -3.85. The number of hydrogen-bond acceptors (Lipinski definition) is 3. The molecule has 1 saturated carbocycles. The van der Waals surface area contributed by atoms with Crippen molar-refractivity contribution >= 4 is 11.6 Å². The third-order valence-electron chi connectivity index (χ3n) is 6.25. The number of benzene rings is 3. The predicted octanol–water partition coefficient (Wildman–Crippen LogP) is 6.67. The third kappa shape index (κ3) is 4.83. The molecule has 164 valence electrons. The van der Waals surface area contributed by atoms with Crippen molar-refractivity contribution in [2.24, 2.45) is 5.92 Å². The Kier molecular flexibility index (Phi) is 5.95. The molecule has 3 heteroatoms. The Morgan fingerprint density at radius 3 is 2.12 bits per heavy atom. The molecule has 0 saturated heterocycles. The quantitative estimate of drug-likeness (QED) is 0.353. The summed E-state index contributed by atoms with van der Waals surface area (Å²) in [5.41, 5.74) is 4.17. The van der Waals surface area contributed by atoms with E-state index in [1.54, 1.807) is 6.07 Å². The molecule has 0 spiro atoms. The maximum atomic E-state index is 13.1. The Morgan fingerprint density at radius 2 is 1.52 bits per heavy atom. The largest absolute Gasteiger partial charge is 0.507 e. The zero-order valence-electron chi connectivity index (χ0n) is 18.4. The van der Waals surface area contributed by atoms with Crippen molar-refractivity contribution in [1.82, 2.24) is 0 Å². The van der Waals surface area contributed by atoms with Crippen molar-refractivity contribution in [3.8, 4) is 5.75 Å². The molecule has 1 fully saturated rings. The lowest BCUT2D eigenvalue weighted by atomic mass is 9.87. The van der Waals surface area contributed by atoms with Gasteiger partial charge in [0.25, 0.3) is 0 Å². The summed E-state index contributed by atoms with van der Waals surface area (Å²) >= 11 is 0. The second-order valence-electron chi connectivity index (χ2n) is 8.66. The van der Waals surface area contributed by atoms with Crippen LogP contribution in [0.4, 0.5) is 0 Å². The molecule has 1 N–H and O–H groups in total. The van der Waals surface area contributed by atoms with Gasteiger partial charge < -0.3 is 9.52 Å². The highest BCUT2D eigenvalue weighted by Gasteiger charge is 2.37. The van der Waals surface area contributed by atoms with Crippen LogP contribution < -0.4 is 5.63 Å². The molecule has 4 aromatic rings. The van der Waals surface area contributed by atoms with Gasteiger partial charge in [0.1, 0.15) is 11.5 Å². The minimum Gasteiger partial charge on any atom is -0.507 e. The van der Waals surface area contributed by atoms with E-state index in [1.807, 2.05) is 84.9 Å². The molecule has 0 aliphatic heterocycles. The van der Waals surface area contributed by atoms with Crippen molar-refractivity contribution in [1.29, 1.82) is 0 Å². The predicted molar refractivity (Wildman–Crippen MR) is 132 cm³/mol. The average molecular weight is 435 g/mol. The molecule has 1 unspecified atom stereocenters. The summed E-state index contributed by atoms with van der Waals surface area (Å²) in [6, 6.07) is 31.7. The van der Waals surface area contributed by atoms with Gasteiger partial charge in [0.2, 0.25) is 0 Å². The Labute approximate surface area is 193 Å². The highest BCUT2D eigenvalue weighted by Crippen LogP contribution is 2.47. The Balaban J connectivity index is 1.55. The van der Waals surface area contributed by atoms with E-state index < -0.39 is 5.63 Å². The van der Waals surface area contributed by atoms with Crippen LogP contribution in [0.2, 0.25) is 0 Å². The highest BCUT2D eigenvalue weighted by atomic mass is 16.4. The van der Waals surface area contributed by atoms with Crippen LogP contribution in [0, 0.1) is 5.92 Å². The molecule has 1 heterocycles. The summed E-state index contributed by atoms with van der Waals surface area (Å²) in [5, 5.41) is 11.0. The summed E-state index contributed by atoms with van der Waals surface area (Å²) < 4.78 is 5.77. The van der Waals surface area contributed by atoms with Gasteiger partial charge in [0, 0.05) is 12.0 Å². The van der Waals surface area contributed by atoms with Crippen molar-refractivity contribution in [2.75, 3.05) is 0 Å². The van der Waals surface area contributed by atoms with Crippen molar-refractivity contribution in [2.45, 2.75) is 25.2 Å². The van der Waals surface area contributed by atoms with E-state index in [-0.39, 0.29) is 11.7 Å². The summed E-state index contributed by atoms with van der Waals surface area (Å²) in [5.74, 6) is 0.586. The lowest BCUT2D eigenvalue weighted by Crippen LogP contribution is -2.16. The summed E-state index contributed by atoms with van der Waals surface area (Å²) in [6.07, 6.45) is 4.65. The molecule has 0 radical (unpaired) electrons. The molecule has 0 amide bonds. The Bertz CT molecular complexity index is 1300. The van der Waals surface area contributed by atoms with Crippen molar-refractivity contribution in [3.05, 3.63) is 135 Å². The average Bonchev–Trinajstić information content (AvgIpc) is 3.68. The minimum absolute atomic E-state index is 0.00498. The normalized spacial score (nSPS) is 14.7. The molecule has 0 bridgehead atoms. The van der Waals surface area contributed by atoms with Crippen molar-refractivity contribution in [3.63, 3.8) is 0 Å². The zero-order chi connectivity index (χ0) is 22.6. The first-order valence-electron chi connectivity index (χ1n) is 11.4. The van der Waals surface area contributed by atoms with Crippen LogP contribution in [0.3, 0.4) is 0 Å². The fourth-order valence-electron chi connectivity index (χ4n) is 4.51. The first-order valence-corrected chi connectivity index (χ1v) is 11.4. The lowest BCUT2D eigenvalue weighted by Gasteiger charge is -2.17. The molecule has 3 nitrogen and oxygen atoms in total. The van der Waals surface area contributed by atoms with Crippen LogP contribution in [0.5, 0.6) is 5.75 Å². The van der Waals surface area contributed by atoms with Gasteiger partial charge in [-0.2, -0.15) is 0 Å². The van der Waals surface area contributed by atoms with Crippen LogP contribution >= 0.6 is 0 Å². The van der Waals surface area contributed by atoms with E-state index in [1.165, 1.54) is 0 Å². The van der Waals surface area contributed by atoms with Gasteiger partial charge in [-0.25, -0.2) is 4.79 Å². The molecule has 1 aliphatic rings. The van der Waals surface area contributed by atoms with Crippen molar-refractivity contribution < 1.29 is 9.52 Å². The van der Waals surface area contributed by atoms with Gasteiger partial charge >= 0.3 is 5.63 Å². The molecule has 1 aromatic heterocycles. The van der Waals surface area contributed by atoms with E-state index in [2.05, 4.69) is 12.1 Å². The monoisotopic (exact) mass is 434 g/mol. The summed E-state index contributed by atoms with van der Waals surface area (Å²) in [4.78, 5) is 13.1. The molecular weight excluding hydrogens is 408 g/mol. The van der Waals surface area contributed by atoms with Crippen LogP contribution in [-0.4, -0.2) is 5.11 Å². The van der Waals surface area contributed by atoms with Crippen LogP contribution in [0.25, 0.3) is 11.6 Å². The van der Waals surface area contributed by atoms with E-state index in [0.29, 0.717) is 23.7 Å². The molecule has 1 aliphatic carbocycles. The van der Waals surface area contributed by atoms with Crippen LogP contribution in [0.15, 0.2) is 106 Å².